The van der Waals surface area contributed by atoms with Crippen molar-refractivity contribution in [1.29, 1.82) is 5.26 Å². The number of ketones is 1. The molecule has 1 aromatic carbocycles. The highest BCUT2D eigenvalue weighted by molar-refractivity contribution is 7.86. The zero-order chi connectivity index (χ0) is 14.9. The fourth-order valence-electron chi connectivity index (χ4n) is 2.21. The average Bonchev–Trinajstić information content (AvgIpc) is 2.43. The molecule has 1 amide bonds. The predicted octanol–water partition coefficient (Wildman–Crippen LogP) is 1.65. The van der Waals surface area contributed by atoms with Gasteiger partial charge in [-0.3, -0.25) is 18.7 Å². The van der Waals surface area contributed by atoms with Crippen molar-refractivity contribution in [2.24, 2.45) is 0 Å². The minimum absolute atomic E-state index is 0.110. The molecule has 0 saturated carbocycles. The second kappa shape index (κ2) is 5.55. The number of amides is 1. The number of carbonyl (C=O) groups is 2. The number of carbonyl (C=O) groups excluding carboxylic acids is 2. The van der Waals surface area contributed by atoms with Crippen molar-refractivity contribution in [3.05, 3.63) is 23.8 Å². The van der Waals surface area contributed by atoms with Crippen LogP contribution in [0.4, 0.5) is 5.69 Å². The van der Waals surface area contributed by atoms with E-state index in [-0.39, 0.29) is 18.2 Å². The molecule has 20 heavy (non-hydrogen) atoms. The summed E-state index contributed by atoms with van der Waals surface area (Å²) in [6, 6.07) is 6.69. The van der Waals surface area contributed by atoms with E-state index >= 15 is 0 Å². The normalized spacial score (nSPS) is 21.2. The summed E-state index contributed by atoms with van der Waals surface area (Å²) in [6.45, 7) is 3.10. The fraction of sp³-hybridized carbons (Fsp3) is 0.357. The highest BCUT2D eigenvalue weighted by Gasteiger charge is 2.37. The highest BCUT2D eigenvalue weighted by atomic mass is 32.2. The van der Waals surface area contributed by atoms with Gasteiger partial charge < -0.3 is 0 Å². The van der Waals surface area contributed by atoms with E-state index in [1.54, 1.807) is 19.1 Å². The fourth-order valence-corrected chi connectivity index (χ4v) is 3.71. The first-order valence-electron chi connectivity index (χ1n) is 6.25. The first-order chi connectivity index (χ1) is 9.51. The summed E-state index contributed by atoms with van der Waals surface area (Å²) in [6.07, 6.45) is 0.446. The third-order valence-electron chi connectivity index (χ3n) is 3.27. The molecule has 104 valence electrons. The molecule has 5 nitrogen and oxygen atoms in total. The molecule has 2 rings (SSSR count). The maximum Gasteiger partial charge on any atom is 0.244 e. The van der Waals surface area contributed by atoms with Crippen LogP contribution in [-0.4, -0.2) is 27.7 Å². The Morgan fingerprint density at radius 1 is 1.50 bits per heavy atom. The molecule has 1 aliphatic rings. The topological polar surface area (TPSA) is 78.2 Å². The van der Waals surface area contributed by atoms with Crippen molar-refractivity contribution in [1.82, 2.24) is 0 Å². The number of hydrogen-bond donors (Lipinski definition) is 0. The van der Waals surface area contributed by atoms with E-state index in [1.165, 1.54) is 17.9 Å². The third-order valence-corrected chi connectivity index (χ3v) is 5.10. The minimum Gasteiger partial charge on any atom is -0.296 e. The van der Waals surface area contributed by atoms with Crippen LogP contribution in [0.15, 0.2) is 23.1 Å². The Bertz CT molecular complexity index is 648. The lowest BCUT2D eigenvalue weighted by atomic mass is 10.1. The number of nitriles is 1. The van der Waals surface area contributed by atoms with Crippen molar-refractivity contribution in [2.75, 3.05) is 11.4 Å². The molecule has 2 unspecified atom stereocenters. The van der Waals surface area contributed by atoms with Crippen LogP contribution < -0.4 is 4.90 Å². The van der Waals surface area contributed by atoms with Crippen LogP contribution in [-0.2, 0) is 15.6 Å². The van der Waals surface area contributed by atoms with Crippen molar-refractivity contribution in [3.8, 4) is 6.07 Å². The van der Waals surface area contributed by atoms with Crippen molar-refractivity contribution in [3.63, 3.8) is 0 Å². The molecule has 0 aliphatic carbocycles. The van der Waals surface area contributed by atoms with Gasteiger partial charge in [0.15, 0.2) is 5.78 Å². The Kier molecular flexibility index (Phi) is 4.00. The molecule has 0 N–H and O–H groups in total. The van der Waals surface area contributed by atoms with Crippen molar-refractivity contribution < 1.29 is 13.8 Å². The minimum atomic E-state index is -1.44. The highest BCUT2D eigenvalue weighted by Crippen LogP contribution is 2.33. The average molecular weight is 290 g/mol. The van der Waals surface area contributed by atoms with Crippen LogP contribution in [0.2, 0.25) is 0 Å². The summed E-state index contributed by atoms with van der Waals surface area (Å²) < 4.78 is 12.4. The first-order valence-corrected chi connectivity index (χ1v) is 7.46. The number of Topliss-reactive ketones (excluding diaryl/α,β-unsaturated/α-hetero) is 1. The molecule has 2 atom stereocenters. The SMILES string of the molecule is CCC1C(=O)N(CC#N)c2cc(C(C)=O)ccc2S1=O. The van der Waals surface area contributed by atoms with E-state index in [4.69, 9.17) is 5.26 Å². The van der Waals surface area contributed by atoms with Crippen LogP contribution in [0, 0.1) is 11.3 Å². The number of benzene rings is 1. The molecule has 0 radical (unpaired) electrons. The quantitative estimate of drug-likeness (QED) is 0.626. The maximum atomic E-state index is 12.4. The molecule has 0 saturated heterocycles. The van der Waals surface area contributed by atoms with E-state index in [0.717, 1.165) is 0 Å². The van der Waals surface area contributed by atoms with E-state index in [9.17, 15) is 13.8 Å². The lowest BCUT2D eigenvalue weighted by Crippen LogP contribution is -2.45. The Hall–Kier alpha value is -2.00. The van der Waals surface area contributed by atoms with Gasteiger partial charge in [-0.05, 0) is 25.5 Å². The van der Waals surface area contributed by atoms with Gasteiger partial charge in [-0.15, -0.1) is 0 Å². The van der Waals surface area contributed by atoms with Gasteiger partial charge in [-0.1, -0.05) is 13.0 Å². The maximum absolute atomic E-state index is 12.4. The molecular formula is C14H14N2O3S. The van der Waals surface area contributed by atoms with E-state index < -0.39 is 16.0 Å². The Balaban J connectivity index is 2.62. The summed E-state index contributed by atoms with van der Waals surface area (Å²) in [4.78, 5) is 25.6. The van der Waals surface area contributed by atoms with Crippen molar-refractivity contribution >= 4 is 28.2 Å². The van der Waals surface area contributed by atoms with Gasteiger partial charge in [0.25, 0.3) is 0 Å². The van der Waals surface area contributed by atoms with Gasteiger partial charge in [-0.25, -0.2) is 0 Å². The lowest BCUT2D eigenvalue weighted by molar-refractivity contribution is -0.118. The number of nitrogens with zero attached hydrogens (tertiary/aromatic N) is 2. The first kappa shape index (κ1) is 14.4. The van der Waals surface area contributed by atoms with Crippen molar-refractivity contribution in [2.45, 2.75) is 30.4 Å². The van der Waals surface area contributed by atoms with Gasteiger partial charge >= 0.3 is 0 Å². The monoisotopic (exact) mass is 290 g/mol. The number of rotatable bonds is 3. The molecule has 1 aliphatic heterocycles. The lowest BCUT2D eigenvalue weighted by Gasteiger charge is -2.31. The summed E-state index contributed by atoms with van der Waals surface area (Å²) >= 11 is 0. The summed E-state index contributed by atoms with van der Waals surface area (Å²) in [5, 5.41) is 8.25. The van der Waals surface area contributed by atoms with E-state index in [0.29, 0.717) is 22.6 Å². The molecule has 1 aromatic rings. The number of anilines is 1. The summed E-state index contributed by atoms with van der Waals surface area (Å²) in [5.74, 6) is -0.457. The van der Waals surface area contributed by atoms with E-state index in [2.05, 4.69) is 0 Å². The Labute approximate surface area is 119 Å². The second-order valence-electron chi connectivity index (χ2n) is 4.52. The second-order valence-corrected chi connectivity index (χ2v) is 6.12. The smallest absolute Gasteiger partial charge is 0.244 e. The van der Waals surface area contributed by atoms with Crippen LogP contribution in [0.25, 0.3) is 0 Å². The zero-order valence-electron chi connectivity index (χ0n) is 11.3. The number of fused-ring (bicyclic) bond motifs is 1. The van der Waals surface area contributed by atoms with Gasteiger partial charge in [0.1, 0.15) is 11.8 Å². The van der Waals surface area contributed by atoms with Crippen LogP contribution in [0.1, 0.15) is 30.6 Å². The predicted molar refractivity (Wildman–Crippen MR) is 74.9 cm³/mol. The van der Waals surface area contributed by atoms with Crippen LogP contribution in [0.5, 0.6) is 0 Å². The molecule has 0 bridgehead atoms. The van der Waals surface area contributed by atoms with Gasteiger partial charge in [0, 0.05) is 5.56 Å². The van der Waals surface area contributed by atoms with Crippen LogP contribution >= 0.6 is 0 Å². The standard InChI is InChI=1S/C14H14N2O3S/c1-3-12-14(18)16(7-6-15)11-8-10(9(2)17)4-5-13(11)20(12)19/h4-5,8,12H,3,7H2,1-2H3. The molecule has 0 spiro atoms. The molecule has 6 heteroatoms. The summed E-state index contributed by atoms with van der Waals surface area (Å²) in [7, 11) is -1.44. The largest absolute Gasteiger partial charge is 0.296 e. The molecule has 0 aromatic heterocycles. The molecule has 0 fully saturated rings. The van der Waals surface area contributed by atoms with E-state index in [1.807, 2.05) is 6.07 Å². The zero-order valence-corrected chi connectivity index (χ0v) is 12.1. The summed E-state index contributed by atoms with van der Waals surface area (Å²) in [5.41, 5.74) is 0.846. The molecular weight excluding hydrogens is 276 g/mol. The van der Waals surface area contributed by atoms with Gasteiger partial charge in [0.2, 0.25) is 5.91 Å². The third kappa shape index (κ3) is 2.25. The van der Waals surface area contributed by atoms with Gasteiger partial charge in [-0.2, -0.15) is 5.26 Å². The van der Waals surface area contributed by atoms with Gasteiger partial charge in [0.05, 0.1) is 27.5 Å². The van der Waals surface area contributed by atoms with Crippen LogP contribution in [0.3, 0.4) is 0 Å². The number of hydrogen-bond acceptors (Lipinski definition) is 4. The Morgan fingerprint density at radius 3 is 2.75 bits per heavy atom. The Morgan fingerprint density at radius 2 is 2.20 bits per heavy atom. The molecule has 1 heterocycles.